The molecule has 0 bridgehead atoms. The summed E-state index contributed by atoms with van der Waals surface area (Å²) in [5.74, 6) is 0.378. The monoisotopic (exact) mass is 459 g/mol. The largest absolute Gasteiger partial charge is 0.438 e. The van der Waals surface area contributed by atoms with Gasteiger partial charge in [-0.2, -0.15) is 0 Å². The highest BCUT2D eigenvalue weighted by molar-refractivity contribution is 6.39. The number of amides is 1. The molecule has 162 valence electrons. The number of hydrogen-bond donors (Lipinski definition) is 1. The lowest BCUT2D eigenvalue weighted by molar-refractivity contribution is 0.167. The lowest BCUT2D eigenvalue weighted by Gasteiger charge is -2.15. The zero-order chi connectivity index (χ0) is 22.9. The van der Waals surface area contributed by atoms with E-state index in [2.05, 4.69) is 36.4 Å². The number of nitrogens with zero attached hydrogens (tertiary/aromatic N) is 2. The normalized spacial score (nSPS) is 11.2. The van der Waals surface area contributed by atoms with Gasteiger partial charge in [0.25, 0.3) is 0 Å². The van der Waals surface area contributed by atoms with Crippen LogP contribution in [0.3, 0.4) is 0 Å². The van der Waals surface area contributed by atoms with Gasteiger partial charge in [-0.1, -0.05) is 39.6 Å². The predicted octanol–water partition coefficient (Wildman–Crippen LogP) is 7.08. The van der Waals surface area contributed by atoms with Crippen LogP contribution in [-0.2, 0) is 4.84 Å². The highest BCUT2D eigenvalue weighted by atomic mass is 35.5. The van der Waals surface area contributed by atoms with Crippen molar-refractivity contribution in [3.63, 3.8) is 0 Å². The van der Waals surface area contributed by atoms with Crippen LogP contribution in [0.25, 0.3) is 11.3 Å². The second-order valence-corrected chi connectivity index (χ2v) is 8.15. The van der Waals surface area contributed by atoms with Gasteiger partial charge < -0.3 is 4.52 Å². The van der Waals surface area contributed by atoms with Crippen LogP contribution < -0.4 is 5.32 Å². The van der Waals surface area contributed by atoms with Gasteiger partial charge in [-0.15, -0.1) is 0 Å². The van der Waals surface area contributed by atoms with Crippen LogP contribution in [0.15, 0.2) is 27.9 Å². The van der Waals surface area contributed by atoms with Gasteiger partial charge in [0.05, 0.1) is 16.3 Å². The second kappa shape index (κ2) is 9.12. The molecule has 0 saturated carbocycles. The van der Waals surface area contributed by atoms with Crippen molar-refractivity contribution in [2.24, 2.45) is 5.16 Å². The number of halogens is 2. The first-order chi connectivity index (χ1) is 14.6. The van der Waals surface area contributed by atoms with Gasteiger partial charge in [-0.25, -0.2) is 4.79 Å². The Bertz CT molecular complexity index is 1150. The Kier molecular flexibility index (Phi) is 6.72. The molecule has 0 aliphatic heterocycles. The van der Waals surface area contributed by atoms with Crippen molar-refractivity contribution in [1.29, 1.82) is 0 Å². The molecule has 0 radical (unpaired) electrons. The van der Waals surface area contributed by atoms with Crippen molar-refractivity contribution in [2.45, 2.75) is 41.5 Å². The third kappa shape index (κ3) is 4.45. The van der Waals surface area contributed by atoms with E-state index in [1.165, 1.54) is 16.7 Å². The zero-order valence-electron chi connectivity index (χ0n) is 18.2. The van der Waals surface area contributed by atoms with Gasteiger partial charge in [0.1, 0.15) is 11.4 Å². The fourth-order valence-corrected chi connectivity index (χ4v) is 3.96. The fourth-order valence-electron chi connectivity index (χ4n) is 3.39. The number of hydrogen-bond acceptors (Lipinski definition) is 5. The Hall–Kier alpha value is -2.83. The van der Waals surface area contributed by atoms with E-state index in [9.17, 15) is 4.79 Å². The molecule has 0 aliphatic carbocycles. The fraction of sp³-hybridized carbons (Fsp3) is 0.261. The van der Waals surface area contributed by atoms with Crippen LogP contribution in [0.2, 0.25) is 10.0 Å². The van der Waals surface area contributed by atoms with E-state index >= 15 is 0 Å². The second-order valence-electron chi connectivity index (χ2n) is 7.34. The average Bonchev–Trinajstić information content (AvgIpc) is 3.07. The molecule has 1 amide bonds. The number of aromatic nitrogens is 1. The average molecular weight is 460 g/mol. The molecule has 31 heavy (non-hydrogen) atoms. The first-order valence-corrected chi connectivity index (χ1v) is 10.4. The van der Waals surface area contributed by atoms with E-state index in [0.717, 1.165) is 16.7 Å². The lowest BCUT2D eigenvalue weighted by Crippen LogP contribution is -2.12. The minimum absolute atomic E-state index is 0.310. The molecule has 3 aromatic rings. The summed E-state index contributed by atoms with van der Waals surface area (Å²) < 4.78 is 5.23. The predicted molar refractivity (Wildman–Crippen MR) is 125 cm³/mol. The van der Waals surface area contributed by atoms with Gasteiger partial charge in [0.2, 0.25) is 0 Å². The maximum Gasteiger partial charge on any atom is 0.438 e. The molecule has 6 nitrogen and oxygen atoms in total. The van der Waals surface area contributed by atoms with Gasteiger partial charge in [-0.3, -0.25) is 10.2 Å². The molecular weight excluding hydrogens is 437 g/mol. The highest BCUT2D eigenvalue weighted by Crippen LogP contribution is 2.39. The number of benzene rings is 2. The number of anilines is 1. The molecule has 0 spiro atoms. The molecule has 0 saturated heterocycles. The SMILES string of the molecule is Cc1onc(-c2c(Cl)cccc2Cl)c1NC(=O)O/N=C\c1c(C)c(C)c(C)c(C)c1C. The van der Waals surface area contributed by atoms with Crippen molar-refractivity contribution in [3.05, 3.63) is 67.4 Å². The quantitative estimate of drug-likeness (QED) is 0.256. The topological polar surface area (TPSA) is 76.7 Å². The number of nitrogens with one attached hydrogen (secondary N) is 1. The number of carbonyl (C=O) groups is 1. The first-order valence-electron chi connectivity index (χ1n) is 9.62. The Morgan fingerprint density at radius 1 is 1.00 bits per heavy atom. The summed E-state index contributed by atoms with van der Waals surface area (Å²) in [4.78, 5) is 17.4. The number of rotatable bonds is 4. The van der Waals surface area contributed by atoms with Crippen molar-refractivity contribution in [3.8, 4) is 11.3 Å². The van der Waals surface area contributed by atoms with Crippen molar-refractivity contribution in [1.82, 2.24) is 5.16 Å². The van der Waals surface area contributed by atoms with Gasteiger partial charge in [-0.05, 0) is 81.5 Å². The summed E-state index contributed by atoms with van der Waals surface area (Å²) >= 11 is 12.5. The van der Waals surface area contributed by atoms with Gasteiger partial charge in [0, 0.05) is 11.1 Å². The molecular formula is C23H23Cl2N3O3. The maximum atomic E-state index is 12.4. The molecule has 1 heterocycles. The van der Waals surface area contributed by atoms with Gasteiger partial charge in [0.15, 0.2) is 5.76 Å². The summed E-state index contributed by atoms with van der Waals surface area (Å²) in [6, 6.07) is 5.07. The van der Waals surface area contributed by atoms with Crippen LogP contribution in [-0.4, -0.2) is 17.5 Å². The van der Waals surface area contributed by atoms with Crippen LogP contribution in [0.4, 0.5) is 10.5 Å². The van der Waals surface area contributed by atoms with E-state index in [-0.39, 0.29) is 0 Å². The van der Waals surface area contributed by atoms with E-state index in [4.69, 9.17) is 32.6 Å². The standard InChI is InChI=1S/C23H23Cl2N3O3/c1-11-12(2)14(4)17(15(5)13(11)3)10-26-31-23(29)27-21-16(6)30-28-22(21)20-18(24)8-7-9-19(20)25/h7-10H,1-6H3,(H,27,29)/b26-10-. The van der Waals surface area contributed by atoms with Crippen molar-refractivity contribution >= 4 is 41.2 Å². The van der Waals surface area contributed by atoms with Crippen LogP contribution in [0.1, 0.15) is 39.1 Å². The van der Waals surface area contributed by atoms with Crippen molar-refractivity contribution < 1.29 is 14.2 Å². The van der Waals surface area contributed by atoms with Gasteiger partial charge >= 0.3 is 6.09 Å². The summed E-state index contributed by atoms with van der Waals surface area (Å²) in [5, 5.41) is 11.2. The smallest absolute Gasteiger partial charge is 0.359 e. The molecule has 0 fully saturated rings. The maximum absolute atomic E-state index is 12.4. The summed E-state index contributed by atoms with van der Waals surface area (Å²) in [6.07, 6.45) is 0.763. The minimum Gasteiger partial charge on any atom is -0.359 e. The molecule has 3 rings (SSSR count). The van der Waals surface area contributed by atoms with E-state index in [1.54, 1.807) is 31.3 Å². The molecule has 1 N–H and O–H groups in total. The number of aryl methyl sites for hydroxylation is 1. The molecule has 0 atom stereocenters. The van der Waals surface area contributed by atoms with E-state index in [1.807, 2.05) is 13.8 Å². The lowest BCUT2D eigenvalue weighted by atomic mass is 9.90. The van der Waals surface area contributed by atoms with Crippen LogP contribution in [0.5, 0.6) is 0 Å². The molecule has 0 aliphatic rings. The molecule has 8 heteroatoms. The number of oxime groups is 1. The third-order valence-electron chi connectivity index (χ3n) is 5.66. The zero-order valence-corrected chi connectivity index (χ0v) is 19.7. The van der Waals surface area contributed by atoms with Crippen LogP contribution in [0, 0.1) is 41.5 Å². The number of carbonyl (C=O) groups excluding carboxylic acids is 1. The minimum atomic E-state index is -0.789. The highest BCUT2D eigenvalue weighted by Gasteiger charge is 2.22. The van der Waals surface area contributed by atoms with E-state index < -0.39 is 6.09 Å². The van der Waals surface area contributed by atoms with Crippen molar-refractivity contribution in [2.75, 3.05) is 5.32 Å². The summed E-state index contributed by atoms with van der Waals surface area (Å²) in [6.45, 7) is 11.9. The Balaban J connectivity index is 1.82. The Labute approximate surface area is 191 Å². The molecule has 2 aromatic carbocycles. The molecule has 0 unspecified atom stereocenters. The third-order valence-corrected chi connectivity index (χ3v) is 6.29. The molecule has 1 aromatic heterocycles. The first kappa shape index (κ1) is 22.8. The summed E-state index contributed by atoms with van der Waals surface area (Å²) in [7, 11) is 0. The van der Waals surface area contributed by atoms with Crippen LogP contribution >= 0.6 is 23.2 Å². The van der Waals surface area contributed by atoms with E-state index in [0.29, 0.717) is 32.8 Å². The summed E-state index contributed by atoms with van der Waals surface area (Å²) in [5.41, 5.74) is 7.83. The Morgan fingerprint density at radius 3 is 2.13 bits per heavy atom. The Morgan fingerprint density at radius 2 is 1.55 bits per heavy atom.